The van der Waals surface area contributed by atoms with Gasteiger partial charge in [-0.25, -0.2) is 9.69 Å². The number of hydrogen-bond donors (Lipinski definition) is 0. The van der Waals surface area contributed by atoms with E-state index in [4.69, 9.17) is 4.74 Å². The van der Waals surface area contributed by atoms with Crippen LogP contribution in [0.4, 0.5) is 4.79 Å². The van der Waals surface area contributed by atoms with Crippen LogP contribution in [0.2, 0.25) is 0 Å². The lowest BCUT2D eigenvalue weighted by atomic mass is 10.2. The Hall–Kier alpha value is -1.18. The van der Waals surface area contributed by atoms with E-state index in [0.717, 1.165) is 31.1 Å². The molecule has 7 nitrogen and oxygen atoms in total. The van der Waals surface area contributed by atoms with Crippen molar-refractivity contribution in [2.75, 3.05) is 74.6 Å². The molecule has 0 aromatic rings. The van der Waals surface area contributed by atoms with Crippen LogP contribution in [0.1, 0.15) is 13.8 Å². The summed E-state index contributed by atoms with van der Waals surface area (Å²) in [5, 5.41) is 0. The molecule has 0 heterocycles. The highest BCUT2D eigenvalue weighted by Crippen LogP contribution is 2.00. The summed E-state index contributed by atoms with van der Waals surface area (Å²) < 4.78 is 5.10. The molecule has 0 atom stereocenters. The van der Waals surface area contributed by atoms with Crippen molar-refractivity contribution in [1.29, 1.82) is 0 Å². The minimum Gasteiger partial charge on any atom is -0.449 e. The predicted octanol–water partition coefficient (Wildman–Crippen LogP) is 0.663. The molecule has 23 heavy (non-hydrogen) atoms. The molecule has 0 saturated carbocycles. The van der Waals surface area contributed by atoms with Crippen LogP contribution in [0.15, 0.2) is 0 Å². The molecule has 0 aliphatic carbocycles. The number of imide groups is 1. The number of ether oxygens (including phenoxy) is 1. The van der Waals surface area contributed by atoms with Crippen LogP contribution in [0.25, 0.3) is 0 Å². The first-order valence-corrected chi connectivity index (χ1v) is 8.08. The third-order valence-electron chi connectivity index (χ3n) is 3.27. The van der Waals surface area contributed by atoms with Gasteiger partial charge in [-0.3, -0.25) is 9.69 Å². The van der Waals surface area contributed by atoms with Crippen molar-refractivity contribution in [2.24, 2.45) is 5.92 Å². The molecular weight excluding hydrogens is 296 g/mol. The van der Waals surface area contributed by atoms with Gasteiger partial charge in [-0.1, -0.05) is 13.8 Å². The average Bonchev–Trinajstić information content (AvgIpc) is 2.46. The van der Waals surface area contributed by atoms with Gasteiger partial charge in [-0.15, -0.1) is 0 Å². The second kappa shape index (κ2) is 11.4. The van der Waals surface area contributed by atoms with Crippen molar-refractivity contribution in [1.82, 2.24) is 19.6 Å². The highest BCUT2D eigenvalue weighted by molar-refractivity contribution is 5.92. The molecule has 2 amide bonds. The highest BCUT2D eigenvalue weighted by atomic mass is 16.6. The summed E-state index contributed by atoms with van der Waals surface area (Å²) >= 11 is 0. The van der Waals surface area contributed by atoms with E-state index < -0.39 is 6.09 Å². The smallest absolute Gasteiger partial charge is 0.416 e. The fraction of sp³-hybridized carbons (Fsp3) is 0.875. The number of hydrogen-bond acceptors (Lipinski definition) is 6. The van der Waals surface area contributed by atoms with Crippen molar-refractivity contribution in [3.63, 3.8) is 0 Å². The zero-order valence-corrected chi connectivity index (χ0v) is 15.8. The molecule has 136 valence electrons. The molecular formula is C16H34N4O3. The molecule has 7 heteroatoms. The first-order chi connectivity index (χ1) is 10.6. The summed E-state index contributed by atoms with van der Waals surface area (Å²) in [5.74, 6) is 0.00963. The van der Waals surface area contributed by atoms with Crippen molar-refractivity contribution < 1.29 is 14.3 Å². The van der Waals surface area contributed by atoms with E-state index in [1.54, 1.807) is 0 Å². The fourth-order valence-corrected chi connectivity index (χ4v) is 1.69. The number of carbonyl (C=O) groups excluding carboxylic acids is 2. The summed E-state index contributed by atoms with van der Waals surface area (Å²) in [6.07, 6.45) is -0.580. The normalized spacial score (nSPS) is 11.6. The monoisotopic (exact) mass is 330 g/mol. The van der Waals surface area contributed by atoms with Gasteiger partial charge in [0.2, 0.25) is 5.91 Å². The third-order valence-corrected chi connectivity index (χ3v) is 3.27. The number of likely N-dealkylation sites (N-methyl/N-ethyl adjacent to an activating group) is 3. The number of amides is 2. The zero-order valence-electron chi connectivity index (χ0n) is 15.8. The Morgan fingerprint density at radius 3 is 1.74 bits per heavy atom. The second-order valence-corrected chi connectivity index (χ2v) is 6.81. The maximum Gasteiger partial charge on any atom is 0.416 e. The topological polar surface area (TPSA) is 56.3 Å². The Morgan fingerprint density at radius 1 is 0.870 bits per heavy atom. The summed E-state index contributed by atoms with van der Waals surface area (Å²) in [6.45, 7) is 7.74. The van der Waals surface area contributed by atoms with Crippen LogP contribution in [0.5, 0.6) is 0 Å². The third kappa shape index (κ3) is 11.1. The van der Waals surface area contributed by atoms with Crippen LogP contribution >= 0.6 is 0 Å². The van der Waals surface area contributed by atoms with Gasteiger partial charge in [-0.05, 0) is 34.1 Å². The van der Waals surface area contributed by atoms with E-state index >= 15 is 0 Å². The van der Waals surface area contributed by atoms with E-state index in [1.807, 2.05) is 42.0 Å². The lowest BCUT2D eigenvalue weighted by molar-refractivity contribution is -0.129. The van der Waals surface area contributed by atoms with E-state index in [9.17, 15) is 9.59 Å². The largest absolute Gasteiger partial charge is 0.449 e. The maximum atomic E-state index is 12.3. The minimum atomic E-state index is -0.580. The van der Waals surface area contributed by atoms with Gasteiger partial charge in [0.15, 0.2) is 0 Å². The minimum absolute atomic E-state index is 0.217. The zero-order chi connectivity index (χ0) is 18.0. The van der Waals surface area contributed by atoms with Gasteiger partial charge in [-0.2, -0.15) is 0 Å². The summed E-state index contributed by atoms with van der Waals surface area (Å²) in [6, 6.07) is 0. The molecule has 0 spiro atoms. The Bertz CT molecular complexity index is 347. The number of nitrogens with zero attached hydrogens (tertiary/aromatic N) is 4. The van der Waals surface area contributed by atoms with E-state index in [-0.39, 0.29) is 18.4 Å². The van der Waals surface area contributed by atoms with Crippen molar-refractivity contribution in [3.8, 4) is 0 Å². The van der Waals surface area contributed by atoms with Crippen LogP contribution in [0, 0.1) is 5.92 Å². The summed E-state index contributed by atoms with van der Waals surface area (Å²) in [5.41, 5.74) is 0. The van der Waals surface area contributed by atoms with Crippen LogP contribution < -0.4 is 0 Å². The number of rotatable bonds is 10. The molecule has 0 aromatic heterocycles. The molecule has 0 fully saturated rings. The van der Waals surface area contributed by atoms with E-state index in [2.05, 4.69) is 14.7 Å². The van der Waals surface area contributed by atoms with Gasteiger partial charge in [0.25, 0.3) is 0 Å². The van der Waals surface area contributed by atoms with Crippen molar-refractivity contribution in [2.45, 2.75) is 13.8 Å². The highest BCUT2D eigenvalue weighted by Gasteiger charge is 2.21. The fourth-order valence-electron chi connectivity index (χ4n) is 1.69. The molecule has 0 bridgehead atoms. The van der Waals surface area contributed by atoms with Gasteiger partial charge in [0.1, 0.15) is 0 Å². The van der Waals surface area contributed by atoms with Gasteiger partial charge in [0.05, 0.1) is 13.2 Å². The quantitative estimate of drug-likeness (QED) is 0.587. The molecule has 0 unspecified atom stereocenters. The molecule has 0 aromatic carbocycles. The van der Waals surface area contributed by atoms with E-state index in [0.29, 0.717) is 6.61 Å². The van der Waals surface area contributed by atoms with Crippen LogP contribution in [-0.2, 0) is 9.53 Å². The number of carbonyl (C=O) groups is 2. The van der Waals surface area contributed by atoms with Crippen molar-refractivity contribution in [3.05, 3.63) is 0 Å². The second-order valence-electron chi connectivity index (χ2n) is 6.81. The first-order valence-electron chi connectivity index (χ1n) is 8.08. The van der Waals surface area contributed by atoms with Gasteiger partial charge < -0.3 is 14.5 Å². The lowest BCUT2D eigenvalue weighted by Crippen LogP contribution is -2.45. The Labute approximate surface area is 141 Å². The molecule has 0 radical (unpaired) electrons. The SMILES string of the molecule is CC(C)COC(=O)N(C)C(=O)CN(CCN(C)C)CCN(C)C. The molecule has 0 aliphatic rings. The Kier molecular flexibility index (Phi) is 10.8. The Balaban J connectivity index is 4.50. The average molecular weight is 330 g/mol. The maximum absolute atomic E-state index is 12.3. The van der Waals surface area contributed by atoms with E-state index in [1.165, 1.54) is 7.05 Å². The molecule has 0 N–H and O–H groups in total. The Morgan fingerprint density at radius 2 is 1.35 bits per heavy atom. The van der Waals surface area contributed by atoms with Gasteiger partial charge in [0, 0.05) is 33.2 Å². The molecule has 0 aliphatic heterocycles. The van der Waals surface area contributed by atoms with Crippen LogP contribution in [0.3, 0.4) is 0 Å². The summed E-state index contributed by atoms with van der Waals surface area (Å²) in [7, 11) is 9.48. The summed E-state index contributed by atoms with van der Waals surface area (Å²) in [4.78, 5) is 31.4. The predicted molar refractivity (Wildman–Crippen MR) is 92.5 cm³/mol. The first kappa shape index (κ1) is 21.8. The molecule has 0 rings (SSSR count). The van der Waals surface area contributed by atoms with Crippen molar-refractivity contribution >= 4 is 12.0 Å². The van der Waals surface area contributed by atoms with Gasteiger partial charge >= 0.3 is 6.09 Å². The molecule has 0 saturated heterocycles. The lowest BCUT2D eigenvalue weighted by Gasteiger charge is -2.26. The van der Waals surface area contributed by atoms with Crippen LogP contribution in [-0.4, -0.2) is 106 Å². The standard InChI is InChI=1S/C16H34N4O3/c1-14(2)13-23-16(22)19(7)15(21)12-20(10-8-17(3)4)11-9-18(5)6/h14H,8-13H2,1-7H3.